The highest BCUT2D eigenvalue weighted by molar-refractivity contribution is 7.80. The predicted molar refractivity (Wildman–Crippen MR) is 79.6 cm³/mol. The van der Waals surface area contributed by atoms with Crippen LogP contribution in [0.1, 0.15) is 25.5 Å². The highest BCUT2D eigenvalue weighted by atomic mass is 32.1. The lowest BCUT2D eigenvalue weighted by Gasteiger charge is -2.07. The first-order valence-corrected chi connectivity index (χ1v) is 6.31. The number of nitrogens with one attached hydrogen (secondary N) is 2. The zero-order valence-corrected chi connectivity index (χ0v) is 11.3. The van der Waals surface area contributed by atoms with Gasteiger partial charge in [-0.05, 0) is 30.8 Å². The van der Waals surface area contributed by atoms with E-state index in [0.717, 1.165) is 24.2 Å². The maximum atomic E-state index is 5.07. The summed E-state index contributed by atoms with van der Waals surface area (Å²) in [4.78, 5) is 4.29. The Hall–Kier alpha value is -1.75. The average Bonchev–Trinajstić information content (AvgIpc) is 2.42. The molecule has 0 aliphatic heterocycles. The molecule has 96 valence electrons. The minimum Gasteiger partial charge on any atom is -0.358 e. The monoisotopic (exact) mass is 262 g/mol. The minimum absolute atomic E-state index is 0.486. The standard InChI is InChI=1S/C13H18N4S/c1-3-7-12(11-8-5-6-10-14-11)16-17-13(18)15-9-4-2/h4-6,8,10H,2-3,7,9H2,1H3,(H2,15,17,18)/b16-12+. The lowest BCUT2D eigenvalue weighted by molar-refractivity contribution is 0.910. The number of rotatable bonds is 6. The Bertz CT molecular complexity index is 414. The van der Waals surface area contributed by atoms with E-state index >= 15 is 0 Å². The number of pyridine rings is 1. The van der Waals surface area contributed by atoms with Crippen molar-refractivity contribution in [1.82, 2.24) is 15.7 Å². The van der Waals surface area contributed by atoms with Crippen LogP contribution in [0.5, 0.6) is 0 Å². The van der Waals surface area contributed by atoms with E-state index in [9.17, 15) is 0 Å². The molecule has 0 saturated heterocycles. The van der Waals surface area contributed by atoms with E-state index in [1.165, 1.54) is 0 Å². The molecule has 0 atom stereocenters. The van der Waals surface area contributed by atoms with Crippen LogP contribution >= 0.6 is 12.2 Å². The van der Waals surface area contributed by atoms with Gasteiger partial charge in [0.1, 0.15) is 0 Å². The second kappa shape index (κ2) is 8.36. The largest absolute Gasteiger partial charge is 0.358 e. The van der Waals surface area contributed by atoms with Gasteiger partial charge in [0, 0.05) is 12.7 Å². The lowest BCUT2D eigenvalue weighted by Crippen LogP contribution is -2.32. The van der Waals surface area contributed by atoms with E-state index in [1.54, 1.807) is 12.3 Å². The van der Waals surface area contributed by atoms with Crippen LogP contribution in [0.25, 0.3) is 0 Å². The highest BCUT2D eigenvalue weighted by Crippen LogP contribution is 2.02. The van der Waals surface area contributed by atoms with Crippen LogP contribution in [0.3, 0.4) is 0 Å². The van der Waals surface area contributed by atoms with Crippen LogP contribution in [-0.2, 0) is 0 Å². The molecule has 1 rings (SSSR count). The molecule has 0 spiro atoms. The van der Waals surface area contributed by atoms with Crippen molar-refractivity contribution in [2.24, 2.45) is 5.10 Å². The molecule has 1 heterocycles. The molecule has 0 amide bonds. The Morgan fingerprint density at radius 1 is 1.56 bits per heavy atom. The van der Waals surface area contributed by atoms with Crippen molar-refractivity contribution < 1.29 is 0 Å². The summed E-state index contributed by atoms with van der Waals surface area (Å²) >= 11 is 5.07. The third kappa shape index (κ3) is 5.05. The molecular weight excluding hydrogens is 244 g/mol. The summed E-state index contributed by atoms with van der Waals surface area (Å²) in [7, 11) is 0. The van der Waals surface area contributed by atoms with Gasteiger partial charge in [0.15, 0.2) is 5.11 Å². The summed E-state index contributed by atoms with van der Waals surface area (Å²) < 4.78 is 0. The fourth-order valence-electron chi connectivity index (χ4n) is 1.33. The molecule has 0 bridgehead atoms. The Labute approximate surface area is 113 Å². The van der Waals surface area contributed by atoms with E-state index in [2.05, 4.69) is 34.3 Å². The number of hydrogen-bond donors (Lipinski definition) is 2. The Morgan fingerprint density at radius 2 is 2.39 bits per heavy atom. The Balaban J connectivity index is 2.67. The van der Waals surface area contributed by atoms with Crippen LogP contribution in [0.15, 0.2) is 42.2 Å². The molecule has 1 aromatic heterocycles. The summed E-state index contributed by atoms with van der Waals surface area (Å²) in [5.41, 5.74) is 4.60. The topological polar surface area (TPSA) is 49.3 Å². The van der Waals surface area contributed by atoms with Crippen molar-refractivity contribution in [2.45, 2.75) is 19.8 Å². The van der Waals surface area contributed by atoms with Crippen LogP contribution in [0.4, 0.5) is 0 Å². The number of nitrogens with zero attached hydrogens (tertiary/aromatic N) is 2. The first-order chi connectivity index (χ1) is 8.77. The number of hydrazone groups is 1. The highest BCUT2D eigenvalue weighted by Gasteiger charge is 2.03. The van der Waals surface area contributed by atoms with Crippen molar-refractivity contribution >= 4 is 23.0 Å². The summed E-state index contributed by atoms with van der Waals surface area (Å²) in [6.45, 7) is 6.33. The van der Waals surface area contributed by atoms with Gasteiger partial charge >= 0.3 is 0 Å². The molecule has 0 radical (unpaired) electrons. The van der Waals surface area contributed by atoms with Crippen LogP contribution in [0.2, 0.25) is 0 Å². The summed E-state index contributed by atoms with van der Waals surface area (Å²) in [5.74, 6) is 0. The molecule has 0 fully saturated rings. The third-order valence-corrected chi connectivity index (χ3v) is 2.38. The third-order valence-electron chi connectivity index (χ3n) is 2.15. The fourth-order valence-corrected chi connectivity index (χ4v) is 1.46. The van der Waals surface area contributed by atoms with E-state index in [1.807, 2.05) is 18.2 Å². The van der Waals surface area contributed by atoms with Gasteiger partial charge in [-0.1, -0.05) is 25.5 Å². The molecular formula is C13H18N4S. The van der Waals surface area contributed by atoms with E-state index < -0.39 is 0 Å². The first-order valence-electron chi connectivity index (χ1n) is 5.90. The molecule has 0 unspecified atom stereocenters. The maximum absolute atomic E-state index is 5.07. The van der Waals surface area contributed by atoms with Crippen LogP contribution < -0.4 is 10.7 Å². The van der Waals surface area contributed by atoms with Crippen LogP contribution in [-0.4, -0.2) is 22.4 Å². The Morgan fingerprint density at radius 3 is 3.00 bits per heavy atom. The fraction of sp³-hybridized carbons (Fsp3) is 0.308. The van der Waals surface area contributed by atoms with Gasteiger partial charge in [0.2, 0.25) is 0 Å². The van der Waals surface area contributed by atoms with Gasteiger partial charge < -0.3 is 5.32 Å². The number of aromatic nitrogens is 1. The average molecular weight is 262 g/mol. The SMILES string of the molecule is C=CCNC(=S)N/N=C(\CCC)c1ccccn1. The second-order valence-corrected chi connectivity index (χ2v) is 4.04. The molecule has 4 nitrogen and oxygen atoms in total. The zero-order chi connectivity index (χ0) is 13.2. The van der Waals surface area contributed by atoms with Crippen molar-refractivity contribution in [1.29, 1.82) is 0 Å². The molecule has 0 aliphatic rings. The van der Waals surface area contributed by atoms with Gasteiger partial charge in [-0.3, -0.25) is 10.4 Å². The predicted octanol–water partition coefficient (Wildman–Crippen LogP) is 2.24. The molecule has 0 saturated carbocycles. The van der Waals surface area contributed by atoms with Crippen molar-refractivity contribution in [3.63, 3.8) is 0 Å². The smallest absolute Gasteiger partial charge is 0.187 e. The van der Waals surface area contributed by atoms with Gasteiger partial charge in [-0.15, -0.1) is 6.58 Å². The number of thiocarbonyl (C=S) groups is 1. The zero-order valence-electron chi connectivity index (χ0n) is 10.5. The normalized spacial score (nSPS) is 10.8. The molecule has 1 aromatic rings. The van der Waals surface area contributed by atoms with Crippen molar-refractivity contribution in [2.75, 3.05) is 6.54 Å². The lowest BCUT2D eigenvalue weighted by atomic mass is 10.1. The minimum atomic E-state index is 0.486. The first kappa shape index (κ1) is 14.3. The second-order valence-electron chi connectivity index (χ2n) is 3.63. The summed E-state index contributed by atoms with van der Waals surface area (Å²) in [5, 5.41) is 7.74. The molecule has 18 heavy (non-hydrogen) atoms. The molecule has 2 N–H and O–H groups in total. The van der Waals surface area contributed by atoms with Gasteiger partial charge in [-0.25, -0.2) is 0 Å². The van der Waals surface area contributed by atoms with E-state index in [-0.39, 0.29) is 0 Å². The quantitative estimate of drug-likeness (QED) is 0.357. The molecule has 5 heteroatoms. The van der Waals surface area contributed by atoms with E-state index in [0.29, 0.717) is 11.7 Å². The van der Waals surface area contributed by atoms with Crippen LogP contribution in [0, 0.1) is 0 Å². The molecule has 0 aromatic carbocycles. The van der Waals surface area contributed by atoms with E-state index in [4.69, 9.17) is 12.2 Å². The van der Waals surface area contributed by atoms with Gasteiger partial charge in [0.05, 0.1) is 11.4 Å². The Kier molecular flexibility index (Phi) is 6.64. The van der Waals surface area contributed by atoms with Crippen molar-refractivity contribution in [3.05, 3.63) is 42.7 Å². The van der Waals surface area contributed by atoms with Gasteiger partial charge in [-0.2, -0.15) is 5.10 Å². The van der Waals surface area contributed by atoms with Gasteiger partial charge in [0.25, 0.3) is 0 Å². The maximum Gasteiger partial charge on any atom is 0.187 e. The summed E-state index contributed by atoms with van der Waals surface area (Å²) in [6, 6.07) is 5.77. The number of hydrogen-bond acceptors (Lipinski definition) is 3. The summed E-state index contributed by atoms with van der Waals surface area (Å²) in [6.07, 6.45) is 5.36. The molecule has 0 aliphatic carbocycles. The van der Waals surface area contributed by atoms with Crippen molar-refractivity contribution in [3.8, 4) is 0 Å².